The van der Waals surface area contributed by atoms with E-state index in [1.165, 1.54) is 7.11 Å². The summed E-state index contributed by atoms with van der Waals surface area (Å²) in [6.07, 6.45) is 0.379. The van der Waals surface area contributed by atoms with Crippen molar-refractivity contribution >= 4 is 5.97 Å². The van der Waals surface area contributed by atoms with Crippen LogP contribution in [-0.4, -0.2) is 51.9 Å². The van der Waals surface area contributed by atoms with E-state index < -0.39 is 0 Å². The summed E-state index contributed by atoms with van der Waals surface area (Å²) in [6, 6.07) is 7.92. The predicted molar refractivity (Wildman–Crippen MR) is 76.8 cm³/mol. The molecule has 0 amide bonds. The topological polar surface area (TPSA) is 48.0 Å². The molecule has 0 saturated heterocycles. The maximum absolute atomic E-state index is 11.2. The van der Waals surface area contributed by atoms with Gasteiger partial charge in [-0.15, -0.1) is 0 Å². The second-order valence-corrected chi connectivity index (χ2v) is 4.45. The average Bonchev–Trinajstić information content (AvgIpc) is 2.49. The van der Waals surface area contributed by atoms with Crippen molar-refractivity contribution in [3.8, 4) is 5.75 Å². The Kier molecular flexibility index (Phi) is 7.69. The molecular formula is C15H23NO4. The molecule has 1 aromatic carbocycles. The number of carbonyl (C=O) groups excluding carboxylic acids is 1. The molecule has 1 aromatic rings. The molecule has 0 N–H and O–H groups in total. The van der Waals surface area contributed by atoms with E-state index in [1.807, 2.05) is 24.3 Å². The van der Waals surface area contributed by atoms with Gasteiger partial charge in [-0.25, -0.2) is 0 Å². The van der Waals surface area contributed by atoms with Crippen LogP contribution >= 0.6 is 0 Å². The highest BCUT2D eigenvalue weighted by atomic mass is 16.5. The number of methoxy groups -OCH3 is 3. The quantitative estimate of drug-likeness (QED) is 0.645. The van der Waals surface area contributed by atoms with Crippen molar-refractivity contribution in [2.24, 2.45) is 0 Å². The zero-order chi connectivity index (χ0) is 14.8. The van der Waals surface area contributed by atoms with Gasteiger partial charge in [-0.2, -0.15) is 0 Å². The first-order valence-corrected chi connectivity index (χ1v) is 6.60. The van der Waals surface area contributed by atoms with Crippen LogP contribution in [0.2, 0.25) is 0 Å². The normalized spacial score (nSPS) is 10.6. The molecule has 112 valence electrons. The molecule has 5 heteroatoms. The van der Waals surface area contributed by atoms with Crippen molar-refractivity contribution in [1.82, 2.24) is 4.90 Å². The zero-order valence-electron chi connectivity index (χ0n) is 12.4. The number of rotatable bonds is 9. The van der Waals surface area contributed by atoms with Gasteiger partial charge in [-0.1, -0.05) is 12.1 Å². The van der Waals surface area contributed by atoms with Gasteiger partial charge in [-0.05, 0) is 17.7 Å². The van der Waals surface area contributed by atoms with Crippen LogP contribution in [0.4, 0.5) is 0 Å². The summed E-state index contributed by atoms with van der Waals surface area (Å²) in [6.45, 7) is 2.79. The molecule has 0 aliphatic rings. The first-order chi connectivity index (χ1) is 9.69. The SMILES string of the molecule is COCCN(CCC(=O)OC)Cc1cccc(OC)c1. The second kappa shape index (κ2) is 9.34. The van der Waals surface area contributed by atoms with E-state index in [-0.39, 0.29) is 5.97 Å². The molecular weight excluding hydrogens is 258 g/mol. The lowest BCUT2D eigenvalue weighted by Gasteiger charge is -2.21. The van der Waals surface area contributed by atoms with Crippen LogP contribution in [-0.2, 0) is 20.8 Å². The van der Waals surface area contributed by atoms with Crippen LogP contribution in [0.15, 0.2) is 24.3 Å². The van der Waals surface area contributed by atoms with Gasteiger partial charge in [-0.3, -0.25) is 9.69 Å². The summed E-state index contributed by atoms with van der Waals surface area (Å²) in [5.74, 6) is 0.639. The van der Waals surface area contributed by atoms with E-state index in [9.17, 15) is 4.79 Å². The molecule has 0 heterocycles. The first-order valence-electron chi connectivity index (χ1n) is 6.60. The molecule has 0 aliphatic heterocycles. The monoisotopic (exact) mass is 281 g/mol. The molecule has 0 aromatic heterocycles. The fourth-order valence-electron chi connectivity index (χ4n) is 1.87. The van der Waals surface area contributed by atoms with Gasteiger partial charge in [0.15, 0.2) is 0 Å². The standard InChI is InChI=1S/C15H23NO4/c1-18-10-9-16(8-7-15(17)20-3)12-13-5-4-6-14(11-13)19-2/h4-6,11H,7-10,12H2,1-3H3. The van der Waals surface area contributed by atoms with Crippen LogP contribution < -0.4 is 4.74 Å². The van der Waals surface area contributed by atoms with Crippen LogP contribution in [0, 0.1) is 0 Å². The highest BCUT2D eigenvalue weighted by Crippen LogP contribution is 2.14. The Bertz CT molecular complexity index is 409. The van der Waals surface area contributed by atoms with Gasteiger partial charge in [0.2, 0.25) is 0 Å². The first kappa shape index (κ1) is 16.5. The summed E-state index contributed by atoms with van der Waals surface area (Å²) in [7, 11) is 4.73. The highest BCUT2D eigenvalue weighted by molar-refractivity contribution is 5.69. The maximum Gasteiger partial charge on any atom is 0.306 e. The molecule has 0 aliphatic carbocycles. The Morgan fingerprint density at radius 3 is 2.65 bits per heavy atom. The third kappa shape index (κ3) is 6.04. The van der Waals surface area contributed by atoms with Crippen molar-refractivity contribution in [1.29, 1.82) is 0 Å². The Labute approximate surface area is 120 Å². The number of nitrogens with zero attached hydrogens (tertiary/aromatic N) is 1. The molecule has 20 heavy (non-hydrogen) atoms. The minimum Gasteiger partial charge on any atom is -0.497 e. The lowest BCUT2D eigenvalue weighted by atomic mass is 10.2. The van der Waals surface area contributed by atoms with Crippen LogP contribution in [0.25, 0.3) is 0 Å². The fraction of sp³-hybridized carbons (Fsp3) is 0.533. The number of ether oxygens (including phenoxy) is 3. The zero-order valence-corrected chi connectivity index (χ0v) is 12.4. The average molecular weight is 281 g/mol. The lowest BCUT2D eigenvalue weighted by Crippen LogP contribution is -2.29. The molecule has 0 radical (unpaired) electrons. The van der Waals surface area contributed by atoms with Crippen molar-refractivity contribution in [3.05, 3.63) is 29.8 Å². The summed E-state index contributed by atoms with van der Waals surface area (Å²) in [4.78, 5) is 13.4. The van der Waals surface area contributed by atoms with E-state index in [1.54, 1.807) is 14.2 Å². The molecule has 0 fully saturated rings. The van der Waals surface area contributed by atoms with Crippen molar-refractivity contribution in [2.75, 3.05) is 41.0 Å². The predicted octanol–water partition coefficient (Wildman–Crippen LogP) is 1.71. The van der Waals surface area contributed by atoms with E-state index in [4.69, 9.17) is 9.47 Å². The lowest BCUT2D eigenvalue weighted by molar-refractivity contribution is -0.141. The molecule has 0 spiro atoms. The van der Waals surface area contributed by atoms with Crippen molar-refractivity contribution in [3.63, 3.8) is 0 Å². The molecule has 1 rings (SSSR count). The number of hydrogen-bond donors (Lipinski definition) is 0. The van der Waals surface area contributed by atoms with Crippen molar-refractivity contribution < 1.29 is 19.0 Å². The number of benzene rings is 1. The summed E-state index contributed by atoms with van der Waals surface area (Å²) < 4.78 is 15.0. The number of carbonyl (C=O) groups is 1. The largest absolute Gasteiger partial charge is 0.497 e. The Morgan fingerprint density at radius 1 is 1.20 bits per heavy atom. The minimum atomic E-state index is -0.196. The Hall–Kier alpha value is -1.59. The summed E-state index contributed by atoms with van der Waals surface area (Å²) in [5, 5.41) is 0. The van der Waals surface area contributed by atoms with E-state index in [0.717, 1.165) is 24.4 Å². The van der Waals surface area contributed by atoms with Gasteiger partial charge in [0.25, 0.3) is 0 Å². The molecule has 5 nitrogen and oxygen atoms in total. The summed E-state index contributed by atoms with van der Waals surface area (Å²) in [5.41, 5.74) is 1.14. The molecule has 0 bridgehead atoms. The summed E-state index contributed by atoms with van der Waals surface area (Å²) >= 11 is 0. The third-order valence-corrected chi connectivity index (χ3v) is 3.01. The minimum absolute atomic E-state index is 0.196. The van der Waals surface area contributed by atoms with E-state index in [0.29, 0.717) is 19.6 Å². The smallest absolute Gasteiger partial charge is 0.306 e. The Morgan fingerprint density at radius 2 is 2.00 bits per heavy atom. The van der Waals surface area contributed by atoms with E-state index in [2.05, 4.69) is 9.64 Å². The Balaban J connectivity index is 2.59. The molecule has 0 atom stereocenters. The van der Waals surface area contributed by atoms with E-state index >= 15 is 0 Å². The number of esters is 1. The second-order valence-electron chi connectivity index (χ2n) is 4.45. The van der Waals surface area contributed by atoms with Crippen LogP contribution in [0.1, 0.15) is 12.0 Å². The molecule has 0 unspecified atom stereocenters. The molecule has 0 saturated carbocycles. The van der Waals surface area contributed by atoms with Crippen LogP contribution in [0.5, 0.6) is 5.75 Å². The highest BCUT2D eigenvalue weighted by Gasteiger charge is 2.09. The van der Waals surface area contributed by atoms with Gasteiger partial charge in [0.05, 0.1) is 27.2 Å². The third-order valence-electron chi connectivity index (χ3n) is 3.01. The maximum atomic E-state index is 11.2. The van der Waals surface area contributed by atoms with Gasteiger partial charge in [0.1, 0.15) is 5.75 Å². The van der Waals surface area contributed by atoms with Gasteiger partial charge >= 0.3 is 5.97 Å². The van der Waals surface area contributed by atoms with Gasteiger partial charge < -0.3 is 14.2 Å². The number of hydrogen-bond acceptors (Lipinski definition) is 5. The fourth-order valence-corrected chi connectivity index (χ4v) is 1.87. The van der Waals surface area contributed by atoms with Crippen LogP contribution in [0.3, 0.4) is 0 Å². The van der Waals surface area contributed by atoms with Crippen molar-refractivity contribution in [2.45, 2.75) is 13.0 Å². The van der Waals surface area contributed by atoms with Gasteiger partial charge in [0, 0.05) is 26.7 Å².